The Balaban J connectivity index is 1.64. The fourth-order valence-electron chi connectivity index (χ4n) is 3.69. The maximum absolute atomic E-state index is 12.5. The largest absolute Gasteiger partial charge is 0.494 e. The van der Waals surface area contributed by atoms with Gasteiger partial charge in [-0.3, -0.25) is 10.1 Å². The standard InChI is InChI=1S/C19H24N4O3/c1-2-12-6-7-15-13(8-12)9-23(16(15)24)11-19(10-20-14-4-3-5-14)17(25)21-18(26)22-19/h6-9,14,20,24H,2-5,10-11H2,1H3,(H2,21,22,25,26). The van der Waals surface area contributed by atoms with E-state index in [0.29, 0.717) is 12.6 Å². The molecule has 2 heterocycles. The molecule has 7 nitrogen and oxygen atoms in total. The van der Waals surface area contributed by atoms with Crippen molar-refractivity contribution in [3.8, 4) is 5.88 Å². The second-order valence-electron chi connectivity index (χ2n) is 7.35. The van der Waals surface area contributed by atoms with Crippen LogP contribution in [0.2, 0.25) is 0 Å². The zero-order valence-corrected chi connectivity index (χ0v) is 14.8. The summed E-state index contributed by atoms with van der Waals surface area (Å²) < 4.78 is 1.65. The number of carbonyl (C=O) groups is 2. The van der Waals surface area contributed by atoms with Crippen molar-refractivity contribution < 1.29 is 14.7 Å². The van der Waals surface area contributed by atoms with Crippen molar-refractivity contribution in [2.75, 3.05) is 6.54 Å². The first-order valence-corrected chi connectivity index (χ1v) is 9.18. The molecular formula is C19H24N4O3. The SMILES string of the molecule is CCc1ccc2c(O)n(CC3(CNC4CCC4)NC(=O)NC3=O)cc2c1. The second kappa shape index (κ2) is 6.32. The summed E-state index contributed by atoms with van der Waals surface area (Å²) >= 11 is 0. The molecule has 2 aromatic rings. The molecule has 2 aliphatic rings. The van der Waals surface area contributed by atoms with Crippen LogP contribution >= 0.6 is 0 Å². The van der Waals surface area contributed by atoms with Crippen molar-refractivity contribution in [3.63, 3.8) is 0 Å². The highest BCUT2D eigenvalue weighted by molar-refractivity contribution is 6.07. The van der Waals surface area contributed by atoms with E-state index in [2.05, 4.69) is 22.9 Å². The summed E-state index contributed by atoms with van der Waals surface area (Å²) in [4.78, 5) is 24.3. The number of amides is 3. The summed E-state index contributed by atoms with van der Waals surface area (Å²) in [6, 6.07) is 5.83. The van der Waals surface area contributed by atoms with E-state index in [1.165, 1.54) is 12.0 Å². The maximum atomic E-state index is 12.5. The van der Waals surface area contributed by atoms with Gasteiger partial charge in [0.05, 0.1) is 6.54 Å². The fraction of sp³-hybridized carbons (Fsp3) is 0.474. The van der Waals surface area contributed by atoms with E-state index in [1.54, 1.807) is 4.57 Å². The number of imide groups is 1. The number of aryl methyl sites for hydroxylation is 1. The molecule has 1 aromatic carbocycles. The predicted octanol–water partition coefficient (Wildman–Crippen LogP) is 1.63. The monoisotopic (exact) mass is 356 g/mol. The Labute approximate surface area is 151 Å². The van der Waals surface area contributed by atoms with Crippen LogP contribution in [-0.2, 0) is 17.8 Å². The van der Waals surface area contributed by atoms with E-state index in [4.69, 9.17) is 0 Å². The Morgan fingerprint density at radius 2 is 2.15 bits per heavy atom. The molecule has 3 amide bonds. The van der Waals surface area contributed by atoms with E-state index < -0.39 is 11.6 Å². The van der Waals surface area contributed by atoms with Gasteiger partial charge < -0.3 is 20.3 Å². The molecule has 4 rings (SSSR count). The third kappa shape index (κ3) is 2.82. The van der Waals surface area contributed by atoms with Crippen LogP contribution in [0.15, 0.2) is 24.4 Å². The number of urea groups is 1. The van der Waals surface area contributed by atoms with Crippen LogP contribution in [0.5, 0.6) is 5.88 Å². The Hall–Kier alpha value is -2.54. The van der Waals surface area contributed by atoms with Crippen LogP contribution in [-0.4, -0.2) is 39.7 Å². The van der Waals surface area contributed by atoms with E-state index in [-0.39, 0.29) is 18.3 Å². The Kier molecular flexibility index (Phi) is 4.11. The molecule has 1 atom stereocenters. The summed E-state index contributed by atoms with van der Waals surface area (Å²) in [6.07, 6.45) is 6.11. The summed E-state index contributed by atoms with van der Waals surface area (Å²) in [5, 5.41) is 20.8. The number of rotatable bonds is 6. The number of hydrogen-bond donors (Lipinski definition) is 4. The molecule has 1 aromatic heterocycles. The van der Waals surface area contributed by atoms with Crippen molar-refractivity contribution in [2.24, 2.45) is 0 Å². The molecule has 0 bridgehead atoms. The van der Waals surface area contributed by atoms with Crippen LogP contribution in [0.4, 0.5) is 4.79 Å². The number of aromatic hydroxyl groups is 1. The van der Waals surface area contributed by atoms with Gasteiger partial charge in [0.1, 0.15) is 0 Å². The first-order valence-electron chi connectivity index (χ1n) is 9.18. The summed E-state index contributed by atoms with van der Waals surface area (Å²) in [7, 11) is 0. The van der Waals surface area contributed by atoms with Crippen LogP contribution in [0.1, 0.15) is 31.7 Å². The lowest BCUT2D eigenvalue weighted by molar-refractivity contribution is -0.124. The van der Waals surface area contributed by atoms with Crippen molar-refractivity contribution in [1.29, 1.82) is 0 Å². The molecule has 1 saturated heterocycles. The number of fused-ring (bicyclic) bond motifs is 1. The molecule has 26 heavy (non-hydrogen) atoms. The maximum Gasteiger partial charge on any atom is 0.322 e. The van der Waals surface area contributed by atoms with Crippen molar-refractivity contribution >= 4 is 22.7 Å². The number of benzene rings is 1. The average molecular weight is 356 g/mol. The topological polar surface area (TPSA) is 95.4 Å². The van der Waals surface area contributed by atoms with Gasteiger partial charge in [0.25, 0.3) is 5.91 Å². The molecule has 1 aliphatic heterocycles. The van der Waals surface area contributed by atoms with Crippen molar-refractivity contribution in [3.05, 3.63) is 30.0 Å². The average Bonchev–Trinajstić information content (AvgIpc) is 3.02. The number of hydrogen-bond acceptors (Lipinski definition) is 4. The number of aromatic nitrogens is 1. The Bertz CT molecular complexity index is 871. The summed E-state index contributed by atoms with van der Waals surface area (Å²) in [5.74, 6) is -0.250. The normalized spacial score (nSPS) is 23.1. The van der Waals surface area contributed by atoms with Crippen LogP contribution in [0.3, 0.4) is 0 Å². The van der Waals surface area contributed by atoms with Gasteiger partial charge in [-0.05, 0) is 37.0 Å². The third-order valence-electron chi connectivity index (χ3n) is 5.58. The van der Waals surface area contributed by atoms with E-state index >= 15 is 0 Å². The quantitative estimate of drug-likeness (QED) is 0.592. The first kappa shape index (κ1) is 16.9. The second-order valence-corrected chi connectivity index (χ2v) is 7.35. The van der Waals surface area contributed by atoms with E-state index in [0.717, 1.165) is 30.0 Å². The highest BCUT2D eigenvalue weighted by atomic mass is 16.3. The minimum Gasteiger partial charge on any atom is -0.494 e. The smallest absolute Gasteiger partial charge is 0.322 e. The molecule has 0 radical (unpaired) electrons. The predicted molar refractivity (Wildman–Crippen MR) is 98.0 cm³/mol. The molecule has 4 N–H and O–H groups in total. The molecular weight excluding hydrogens is 332 g/mol. The minimum atomic E-state index is -1.10. The molecule has 2 fully saturated rings. The van der Waals surface area contributed by atoms with Gasteiger partial charge >= 0.3 is 6.03 Å². The summed E-state index contributed by atoms with van der Waals surface area (Å²) in [5.41, 5.74) is 0.0789. The number of carbonyl (C=O) groups excluding carboxylic acids is 2. The zero-order chi connectivity index (χ0) is 18.3. The van der Waals surface area contributed by atoms with Gasteiger partial charge in [-0.15, -0.1) is 0 Å². The van der Waals surface area contributed by atoms with E-state index in [9.17, 15) is 14.7 Å². The highest BCUT2D eigenvalue weighted by Gasteiger charge is 2.47. The van der Waals surface area contributed by atoms with Crippen molar-refractivity contribution in [2.45, 2.75) is 50.7 Å². The van der Waals surface area contributed by atoms with Crippen LogP contribution in [0.25, 0.3) is 10.8 Å². The molecule has 7 heteroatoms. The molecule has 1 unspecified atom stereocenters. The molecule has 0 spiro atoms. The lowest BCUT2D eigenvalue weighted by atomic mass is 9.91. The number of nitrogens with zero attached hydrogens (tertiary/aromatic N) is 1. The lowest BCUT2D eigenvalue weighted by Crippen LogP contribution is -2.59. The number of nitrogens with one attached hydrogen (secondary N) is 3. The summed E-state index contributed by atoms with van der Waals surface area (Å²) in [6.45, 7) is 2.59. The lowest BCUT2D eigenvalue weighted by Gasteiger charge is -2.33. The van der Waals surface area contributed by atoms with Gasteiger partial charge in [-0.1, -0.05) is 19.4 Å². The highest BCUT2D eigenvalue weighted by Crippen LogP contribution is 2.30. The van der Waals surface area contributed by atoms with Crippen molar-refractivity contribution in [1.82, 2.24) is 20.5 Å². The fourth-order valence-corrected chi connectivity index (χ4v) is 3.69. The molecule has 138 valence electrons. The van der Waals surface area contributed by atoms with E-state index in [1.807, 2.05) is 24.4 Å². The van der Waals surface area contributed by atoms with Gasteiger partial charge in [-0.25, -0.2) is 4.79 Å². The third-order valence-corrected chi connectivity index (χ3v) is 5.58. The molecule has 1 aliphatic carbocycles. The Morgan fingerprint density at radius 3 is 2.77 bits per heavy atom. The van der Waals surface area contributed by atoms with Gasteiger partial charge in [0, 0.05) is 29.6 Å². The zero-order valence-electron chi connectivity index (χ0n) is 14.8. The van der Waals surface area contributed by atoms with Crippen LogP contribution in [0, 0.1) is 0 Å². The van der Waals surface area contributed by atoms with Gasteiger partial charge in [0.2, 0.25) is 0 Å². The van der Waals surface area contributed by atoms with Gasteiger partial charge in [0.15, 0.2) is 11.4 Å². The minimum absolute atomic E-state index is 0.111. The van der Waals surface area contributed by atoms with Gasteiger partial charge in [-0.2, -0.15) is 0 Å². The molecule has 1 saturated carbocycles. The first-order chi connectivity index (χ1) is 12.5. The Morgan fingerprint density at radius 1 is 1.35 bits per heavy atom. The van der Waals surface area contributed by atoms with Crippen LogP contribution < -0.4 is 16.0 Å².